The van der Waals surface area contributed by atoms with Crippen molar-refractivity contribution in [3.05, 3.63) is 35.9 Å². The van der Waals surface area contributed by atoms with Gasteiger partial charge in [-0.05, 0) is 24.9 Å². The summed E-state index contributed by atoms with van der Waals surface area (Å²) >= 11 is 0. The highest BCUT2D eigenvalue weighted by Crippen LogP contribution is 2.30. The molecule has 1 aliphatic heterocycles. The van der Waals surface area contributed by atoms with E-state index in [1.165, 1.54) is 0 Å². The molecule has 104 valence electrons. The van der Waals surface area contributed by atoms with Gasteiger partial charge in [0, 0.05) is 6.54 Å². The Morgan fingerprint density at radius 1 is 1.47 bits per heavy atom. The summed E-state index contributed by atoms with van der Waals surface area (Å²) in [6.45, 7) is 3.57. The summed E-state index contributed by atoms with van der Waals surface area (Å²) in [6, 6.07) is 9.28. The molecule has 4 nitrogen and oxygen atoms in total. The molecular weight excluding hydrogens is 240 g/mol. The lowest BCUT2D eigenvalue weighted by molar-refractivity contribution is -0.131. The van der Waals surface area contributed by atoms with Crippen molar-refractivity contribution in [2.75, 3.05) is 19.7 Å². The van der Waals surface area contributed by atoms with Crippen molar-refractivity contribution in [3.63, 3.8) is 0 Å². The number of nitrogens with one attached hydrogen (secondary N) is 2. The van der Waals surface area contributed by atoms with Crippen molar-refractivity contribution in [2.24, 2.45) is 5.41 Å². The molecule has 0 bridgehead atoms. The van der Waals surface area contributed by atoms with Crippen LogP contribution in [0.5, 0.6) is 0 Å². The van der Waals surface area contributed by atoms with Crippen molar-refractivity contribution >= 4 is 5.91 Å². The first-order chi connectivity index (χ1) is 9.22. The highest BCUT2D eigenvalue weighted by Gasteiger charge is 2.40. The van der Waals surface area contributed by atoms with Gasteiger partial charge in [0.05, 0.1) is 18.1 Å². The SMILES string of the molecule is CCC1(C(=O)N[C@@H](CO)c2ccccc2)CCNC1. The first kappa shape index (κ1) is 14.0. The molecule has 0 saturated carbocycles. The van der Waals surface area contributed by atoms with E-state index in [1.807, 2.05) is 37.3 Å². The maximum atomic E-state index is 12.5. The average Bonchev–Trinajstić information content (AvgIpc) is 2.95. The third-order valence-electron chi connectivity index (χ3n) is 4.09. The second kappa shape index (κ2) is 6.17. The lowest BCUT2D eigenvalue weighted by Gasteiger charge is -2.28. The predicted molar refractivity (Wildman–Crippen MR) is 74.6 cm³/mol. The quantitative estimate of drug-likeness (QED) is 0.748. The zero-order valence-electron chi connectivity index (χ0n) is 11.4. The van der Waals surface area contributed by atoms with Gasteiger partial charge in [-0.3, -0.25) is 4.79 Å². The van der Waals surface area contributed by atoms with Crippen LogP contribution in [0.3, 0.4) is 0 Å². The van der Waals surface area contributed by atoms with E-state index >= 15 is 0 Å². The number of hydrogen-bond acceptors (Lipinski definition) is 3. The Labute approximate surface area is 114 Å². The number of carbonyl (C=O) groups excluding carboxylic acids is 1. The normalized spacial score (nSPS) is 24.1. The highest BCUT2D eigenvalue weighted by molar-refractivity contribution is 5.83. The van der Waals surface area contributed by atoms with E-state index in [9.17, 15) is 9.90 Å². The van der Waals surface area contributed by atoms with Crippen molar-refractivity contribution in [3.8, 4) is 0 Å². The van der Waals surface area contributed by atoms with E-state index < -0.39 is 0 Å². The van der Waals surface area contributed by atoms with Crippen LogP contribution in [0.4, 0.5) is 0 Å². The van der Waals surface area contributed by atoms with Gasteiger partial charge >= 0.3 is 0 Å². The molecule has 2 rings (SSSR count). The molecule has 19 heavy (non-hydrogen) atoms. The summed E-state index contributed by atoms with van der Waals surface area (Å²) in [5.41, 5.74) is 0.623. The zero-order valence-corrected chi connectivity index (χ0v) is 11.4. The van der Waals surface area contributed by atoms with Crippen LogP contribution in [0.25, 0.3) is 0 Å². The molecule has 1 aliphatic rings. The topological polar surface area (TPSA) is 61.4 Å². The van der Waals surface area contributed by atoms with Gasteiger partial charge in [-0.2, -0.15) is 0 Å². The molecule has 1 heterocycles. The van der Waals surface area contributed by atoms with Gasteiger partial charge in [-0.25, -0.2) is 0 Å². The molecule has 3 N–H and O–H groups in total. The maximum absolute atomic E-state index is 12.5. The summed E-state index contributed by atoms with van der Waals surface area (Å²) in [5.74, 6) is 0.0444. The number of carbonyl (C=O) groups is 1. The molecule has 4 heteroatoms. The van der Waals surface area contributed by atoms with Crippen molar-refractivity contribution in [2.45, 2.75) is 25.8 Å². The molecule has 1 amide bonds. The average molecular weight is 262 g/mol. The number of amides is 1. The minimum absolute atomic E-state index is 0.0444. The Bertz CT molecular complexity index is 413. The van der Waals surface area contributed by atoms with Crippen LogP contribution < -0.4 is 10.6 Å². The fourth-order valence-corrected chi connectivity index (χ4v) is 2.63. The first-order valence-electron chi connectivity index (χ1n) is 6.89. The largest absolute Gasteiger partial charge is 0.394 e. The van der Waals surface area contributed by atoms with Gasteiger partial charge < -0.3 is 15.7 Å². The van der Waals surface area contributed by atoms with E-state index in [-0.39, 0.29) is 24.0 Å². The molecule has 1 fully saturated rings. The number of rotatable bonds is 5. The summed E-state index contributed by atoms with van der Waals surface area (Å²) in [6.07, 6.45) is 1.68. The fraction of sp³-hybridized carbons (Fsp3) is 0.533. The summed E-state index contributed by atoms with van der Waals surface area (Å²) in [5, 5.41) is 15.7. The van der Waals surface area contributed by atoms with E-state index in [0.29, 0.717) is 0 Å². The van der Waals surface area contributed by atoms with E-state index in [0.717, 1.165) is 31.5 Å². The smallest absolute Gasteiger partial charge is 0.228 e. The predicted octanol–water partition coefficient (Wildman–Crippen LogP) is 1.23. The molecule has 0 aliphatic carbocycles. The second-order valence-electron chi connectivity index (χ2n) is 5.18. The number of aliphatic hydroxyl groups is 1. The number of aliphatic hydroxyl groups excluding tert-OH is 1. The van der Waals surface area contributed by atoms with Gasteiger partial charge in [0.2, 0.25) is 5.91 Å². The first-order valence-corrected chi connectivity index (χ1v) is 6.89. The molecule has 0 radical (unpaired) electrons. The molecule has 1 aromatic carbocycles. The van der Waals surface area contributed by atoms with E-state index in [2.05, 4.69) is 10.6 Å². The molecule has 0 aromatic heterocycles. The van der Waals surface area contributed by atoms with Crippen LogP contribution in [-0.4, -0.2) is 30.7 Å². The van der Waals surface area contributed by atoms with Crippen LogP contribution in [0.2, 0.25) is 0 Å². The second-order valence-corrected chi connectivity index (χ2v) is 5.18. The number of benzene rings is 1. The molecule has 2 atom stereocenters. The Balaban J connectivity index is 2.08. The third-order valence-corrected chi connectivity index (χ3v) is 4.09. The Morgan fingerprint density at radius 3 is 2.74 bits per heavy atom. The minimum Gasteiger partial charge on any atom is -0.394 e. The molecule has 1 aromatic rings. The molecule has 1 saturated heterocycles. The van der Waals surface area contributed by atoms with Crippen LogP contribution in [0.1, 0.15) is 31.4 Å². The fourth-order valence-electron chi connectivity index (χ4n) is 2.63. The Kier molecular flexibility index (Phi) is 4.56. The van der Waals surface area contributed by atoms with Gasteiger partial charge in [-0.15, -0.1) is 0 Å². The number of hydrogen-bond donors (Lipinski definition) is 3. The van der Waals surface area contributed by atoms with Gasteiger partial charge in [0.25, 0.3) is 0 Å². The van der Waals surface area contributed by atoms with Crippen molar-refractivity contribution in [1.82, 2.24) is 10.6 Å². The van der Waals surface area contributed by atoms with E-state index in [1.54, 1.807) is 0 Å². The monoisotopic (exact) mass is 262 g/mol. The maximum Gasteiger partial charge on any atom is 0.228 e. The van der Waals surface area contributed by atoms with Crippen molar-refractivity contribution in [1.29, 1.82) is 0 Å². The lowest BCUT2D eigenvalue weighted by Crippen LogP contribution is -2.44. The Morgan fingerprint density at radius 2 is 2.21 bits per heavy atom. The highest BCUT2D eigenvalue weighted by atomic mass is 16.3. The van der Waals surface area contributed by atoms with Crippen molar-refractivity contribution < 1.29 is 9.90 Å². The van der Waals surface area contributed by atoms with E-state index in [4.69, 9.17) is 0 Å². The summed E-state index contributed by atoms with van der Waals surface area (Å²) < 4.78 is 0. The third kappa shape index (κ3) is 2.96. The Hall–Kier alpha value is -1.39. The molecule has 1 unspecified atom stereocenters. The zero-order chi connectivity index (χ0) is 13.7. The minimum atomic E-state index is -0.322. The van der Waals surface area contributed by atoms with Gasteiger partial charge in [0.1, 0.15) is 0 Å². The van der Waals surface area contributed by atoms with Gasteiger partial charge in [0.15, 0.2) is 0 Å². The molecule has 0 spiro atoms. The standard InChI is InChI=1S/C15H22N2O2/c1-2-15(8-9-16-11-15)14(19)17-13(10-18)12-6-4-3-5-7-12/h3-7,13,16,18H,2,8-11H2,1H3,(H,17,19)/t13-,15?/m0/s1. The van der Waals surface area contributed by atoms with Gasteiger partial charge in [-0.1, -0.05) is 37.3 Å². The van der Waals surface area contributed by atoms with Crippen LogP contribution >= 0.6 is 0 Å². The summed E-state index contributed by atoms with van der Waals surface area (Å²) in [7, 11) is 0. The van der Waals surface area contributed by atoms with Crippen LogP contribution in [-0.2, 0) is 4.79 Å². The summed E-state index contributed by atoms with van der Waals surface area (Å²) in [4.78, 5) is 12.5. The lowest BCUT2D eigenvalue weighted by atomic mass is 9.83. The van der Waals surface area contributed by atoms with Crippen LogP contribution in [0.15, 0.2) is 30.3 Å². The van der Waals surface area contributed by atoms with Crippen LogP contribution in [0, 0.1) is 5.41 Å². The molecular formula is C15H22N2O2.